The SMILES string of the molecule is COc1cc(/C=N/NC(=O)Cn2nc(C)c(Br)c2C)ccc1OC(=O)c1cccc(Cl)c1. The van der Waals surface area contributed by atoms with Crippen LogP contribution in [0.3, 0.4) is 0 Å². The van der Waals surface area contributed by atoms with Crippen molar-refractivity contribution in [2.45, 2.75) is 20.4 Å². The van der Waals surface area contributed by atoms with Crippen LogP contribution in [0, 0.1) is 13.8 Å². The Morgan fingerprint density at radius 3 is 2.66 bits per heavy atom. The number of nitrogens with zero attached hydrogens (tertiary/aromatic N) is 3. The van der Waals surface area contributed by atoms with Gasteiger partial charge in [0.25, 0.3) is 5.91 Å². The summed E-state index contributed by atoms with van der Waals surface area (Å²) in [5.74, 6) is -0.300. The maximum Gasteiger partial charge on any atom is 0.343 e. The van der Waals surface area contributed by atoms with Crippen LogP contribution >= 0.6 is 27.5 Å². The Hall–Kier alpha value is -3.17. The van der Waals surface area contributed by atoms with Gasteiger partial charge in [0.1, 0.15) is 6.54 Å². The lowest BCUT2D eigenvalue weighted by atomic mass is 10.2. The van der Waals surface area contributed by atoms with Gasteiger partial charge in [-0.3, -0.25) is 9.48 Å². The summed E-state index contributed by atoms with van der Waals surface area (Å²) in [4.78, 5) is 24.5. The number of carbonyl (C=O) groups excluding carboxylic acids is 2. The van der Waals surface area contributed by atoms with Gasteiger partial charge in [-0.2, -0.15) is 10.2 Å². The molecule has 0 atom stereocenters. The van der Waals surface area contributed by atoms with E-state index in [1.54, 1.807) is 41.1 Å². The van der Waals surface area contributed by atoms with Gasteiger partial charge in [0.2, 0.25) is 0 Å². The van der Waals surface area contributed by atoms with Gasteiger partial charge in [-0.1, -0.05) is 17.7 Å². The van der Waals surface area contributed by atoms with Gasteiger partial charge in [0, 0.05) is 5.02 Å². The molecule has 0 saturated heterocycles. The van der Waals surface area contributed by atoms with Gasteiger partial charge < -0.3 is 9.47 Å². The molecule has 3 rings (SSSR count). The van der Waals surface area contributed by atoms with Crippen LogP contribution in [0.15, 0.2) is 52.0 Å². The lowest BCUT2D eigenvalue weighted by molar-refractivity contribution is -0.121. The second-order valence-electron chi connectivity index (χ2n) is 6.75. The summed E-state index contributed by atoms with van der Waals surface area (Å²) in [6.07, 6.45) is 1.46. The van der Waals surface area contributed by atoms with Crippen molar-refractivity contribution >= 4 is 45.6 Å². The van der Waals surface area contributed by atoms with Crippen LogP contribution in [-0.4, -0.2) is 35.0 Å². The minimum Gasteiger partial charge on any atom is -0.493 e. The number of hydrazone groups is 1. The summed E-state index contributed by atoms with van der Waals surface area (Å²) in [5.41, 5.74) is 5.08. The first kappa shape index (κ1) is 23.5. The van der Waals surface area contributed by atoms with Crippen molar-refractivity contribution in [2.24, 2.45) is 5.10 Å². The molecule has 32 heavy (non-hydrogen) atoms. The molecule has 2 aromatic carbocycles. The Kier molecular flexibility index (Phi) is 7.66. The second kappa shape index (κ2) is 10.4. The zero-order chi connectivity index (χ0) is 23.3. The molecule has 1 heterocycles. The van der Waals surface area contributed by atoms with E-state index in [9.17, 15) is 9.59 Å². The molecule has 1 amide bonds. The van der Waals surface area contributed by atoms with Crippen LogP contribution in [0.2, 0.25) is 5.02 Å². The smallest absolute Gasteiger partial charge is 0.343 e. The van der Waals surface area contributed by atoms with Gasteiger partial charge in [-0.15, -0.1) is 0 Å². The third-order valence-corrected chi connectivity index (χ3v) is 5.82. The summed E-state index contributed by atoms with van der Waals surface area (Å²) < 4.78 is 13.2. The number of amides is 1. The van der Waals surface area contributed by atoms with E-state index in [-0.39, 0.29) is 18.2 Å². The highest BCUT2D eigenvalue weighted by molar-refractivity contribution is 9.10. The van der Waals surface area contributed by atoms with E-state index in [0.717, 1.165) is 15.9 Å². The number of carbonyl (C=O) groups is 2. The summed E-state index contributed by atoms with van der Waals surface area (Å²) in [7, 11) is 1.46. The molecule has 166 valence electrons. The molecule has 0 aliphatic heterocycles. The van der Waals surface area contributed by atoms with E-state index in [1.165, 1.54) is 19.4 Å². The Morgan fingerprint density at radius 1 is 1.22 bits per heavy atom. The minimum absolute atomic E-state index is 0.0390. The van der Waals surface area contributed by atoms with Gasteiger partial charge in [-0.05, 0) is 71.7 Å². The number of methoxy groups -OCH3 is 1. The topological polar surface area (TPSA) is 94.8 Å². The highest BCUT2D eigenvalue weighted by Gasteiger charge is 2.14. The second-order valence-corrected chi connectivity index (χ2v) is 7.98. The molecule has 8 nitrogen and oxygen atoms in total. The number of hydrogen-bond donors (Lipinski definition) is 1. The van der Waals surface area contributed by atoms with Crippen LogP contribution in [0.5, 0.6) is 11.5 Å². The van der Waals surface area contributed by atoms with E-state index >= 15 is 0 Å². The Bertz CT molecular complexity index is 1190. The molecule has 0 aliphatic carbocycles. The van der Waals surface area contributed by atoms with E-state index in [1.807, 2.05) is 13.8 Å². The number of ether oxygens (including phenoxy) is 2. The molecule has 0 unspecified atom stereocenters. The van der Waals surface area contributed by atoms with Crippen LogP contribution in [0.1, 0.15) is 27.3 Å². The molecule has 1 aromatic heterocycles. The van der Waals surface area contributed by atoms with Crippen molar-refractivity contribution in [2.75, 3.05) is 7.11 Å². The maximum atomic E-state index is 12.3. The quantitative estimate of drug-likeness (QED) is 0.217. The number of esters is 1. The summed E-state index contributed by atoms with van der Waals surface area (Å²) in [6.45, 7) is 3.76. The average molecular weight is 520 g/mol. The molecule has 0 bridgehead atoms. The van der Waals surface area contributed by atoms with Crippen molar-refractivity contribution < 1.29 is 19.1 Å². The van der Waals surface area contributed by atoms with Gasteiger partial charge in [-0.25, -0.2) is 10.2 Å². The standard InChI is InChI=1S/C22H20BrClN4O4/c1-13-21(23)14(2)28(27-13)12-20(29)26-25-11-15-7-8-18(19(9-15)31-3)32-22(30)16-5-4-6-17(24)10-16/h4-11H,12H2,1-3H3,(H,26,29)/b25-11+. The van der Waals surface area contributed by atoms with Crippen molar-refractivity contribution in [3.05, 3.63) is 74.5 Å². The van der Waals surface area contributed by atoms with E-state index in [0.29, 0.717) is 21.9 Å². The first-order chi connectivity index (χ1) is 15.3. The lowest BCUT2D eigenvalue weighted by Gasteiger charge is -2.10. The fourth-order valence-electron chi connectivity index (χ4n) is 2.80. The predicted molar refractivity (Wildman–Crippen MR) is 125 cm³/mol. The Labute approximate surface area is 198 Å². The van der Waals surface area contributed by atoms with Crippen molar-refractivity contribution in [3.8, 4) is 11.5 Å². The van der Waals surface area contributed by atoms with E-state index < -0.39 is 5.97 Å². The van der Waals surface area contributed by atoms with Crippen molar-refractivity contribution in [1.82, 2.24) is 15.2 Å². The molecule has 0 aliphatic rings. The van der Waals surface area contributed by atoms with Crippen LogP contribution in [0.25, 0.3) is 0 Å². The fourth-order valence-corrected chi connectivity index (χ4v) is 3.28. The number of benzene rings is 2. The molecular weight excluding hydrogens is 500 g/mol. The van der Waals surface area contributed by atoms with Crippen LogP contribution in [-0.2, 0) is 11.3 Å². The predicted octanol–water partition coefficient (Wildman–Crippen LogP) is 4.29. The average Bonchev–Trinajstić information content (AvgIpc) is 3.01. The number of rotatable bonds is 7. The van der Waals surface area contributed by atoms with Gasteiger partial charge in [0.05, 0.1) is 34.7 Å². The zero-order valence-corrected chi connectivity index (χ0v) is 19.9. The van der Waals surface area contributed by atoms with Gasteiger partial charge in [0.15, 0.2) is 11.5 Å². The number of halogens is 2. The molecule has 3 aromatic rings. The molecule has 0 radical (unpaired) electrons. The fraction of sp³-hybridized carbons (Fsp3) is 0.182. The Balaban J connectivity index is 1.63. The van der Waals surface area contributed by atoms with Gasteiger partial charge >= 0.3 is 5.97 Å². The molecule has 10 heteroatoms. The zero-order valence-electron chi connectivity index (χ0n) is 17.6. The van der Waals surface area contributed by atoms with Crippen LogP contribution in [0.4, 0.5) is 0 Å². The van der Waals surface area contributed by atoms with Crippen molar-refractivity contribution in [3.63, 3.8) is 0 Å². The highest BCUT2D eigenvalue weighted by Crippen LogP contribution is 2.28. The normalized spacial score (nSPS) is 10.9. The molecule has 1 N–H and O–H groups in total. The molecule has 0 spiro atoms. The largest absolute Gasteiger partial charge is 0.493 e. The van der Waals surface area contributed by atoms with Crippen molar-refractivity contribution in [1.29, 1.82) is 0 Å². The molecular formula is C22H20BrClN4O4. The number of hydrogen-bond acceptors (Lipinski definition) is 6. The summed E-state index contributed by atoms with van der Waals surface area (Å²) in [5, 5.41) is 8.69. The van der Waals surface area contributed by atoms with E-state index in [2.05, 4.69) is 31.6 Å². The number of aromatic nitrogens is 2. The first-order valence-electron chi connectivity index (χ1n) is 9.45. The lowest BCUT2D eigenvalue weighted by Crippen LogP contribution is -2.24. The van der Waals surface area contributed by atoms with E-state index in [4.69, 9.17) is 21.1 Å². The summed E-state index contributed by atoms with van der Waals surface area (Å²) in [6, 6.07) is 11.3. The molecule has 0 fully saturated rings. The third-order valence-electron chi connectivity index (χ3n) is 4.44. The minimum atomic E-state index is -0.560. The number of aryl methyl sites for hydroxylation is 1. The number of nitrogens with one attached hydrogen (secondary N) is 1. The Morgan fingerprint density at radius 2 is 2.00 bits per heavy atom. The molecule has 0 saturated carbocycles. The third kappa shape index (κ3) is 5.74. The van der Waals surface area contributed by atoms with Crippen LogP contribution < -0.4 is 14.9 Å². The first-order valence-corrected chi connectivity index (χ1v) is 10.6. The highest BCUT2D eigenvalue weighted by atomic mass is 79.9. The summed E-state index contributed by atoms with van der Waals surface area (Å²) >= 11 is 9.35. The monoisotopic (exact) mass is 518 g/mol. The maximum absolute atomic E-state index is 12.3.